The molecule has 0 amide bonds. The molecule has 6 heteroatoms. The van der Waals surface area contributed by atoms with Gasteiger partial charge in [-0.15, -0.1) is 0 Å². The van der Waals surface area contributed by atoms with Crippen molar-refractivity contribution >= 4 is 16.3 Å². The number of hydrogen-bond donors (Lipinski definition) is 0. The molecule has 21 heavy (non-hydrogen) atoms. The minimum absolute atomic E-state index is 0.0336. The lowest BCUT2D eigenvalue weighted by Gasteiger charge is -2.20. The summed E-state index contributed by atoms with van der Waals surface area (Å²) in [6.07, 6.45) is 1.33. The molecule has 0 aliphatic carbocycles. The van der Waals surface area contributed by atoms with Gasteiger partial charge < -0.3 is 9.53 Å². The molecule has 1 fully saturated rings. The molecule has 1 saturated heterocycles. The van der Waals surface area contributed by atoms with E-state index in [9.17, 15) is 13.2 Å². The molecule has 0 bridgehead atoms. The molecule has 1 aromatic rings. The number of carbonyl (C=O) groups excluding carboxylic acids is 1. The van der Waals surface area contributed by atoms with Gasteiger partial charge in [-0.2, -0.15) is 4.31 Å². The van der Waals surface area contributed by atoms with Crippen LogP contribution in [0.15, 0.2) is 29.2 Å². The number of nitrogens with zero attached hydrogens (tertiary/aromatic N) is 1. The monoisotopic (exact) mass is 311 g/mol. The molecule has 5 nitrogen and oxygen atoms in total. The molecular formula is C15H21NO4S. The zero-order valence-corrected chi connectivity index (χ0v) is 13.3. The van der Waals surface area contributed by atoms with E-state index < -0.39 is 16.1 Å². The number of aldehydes is 1. The summed E-state index contributed by atoms with van der Waals surface area (Å²) in [6.45, 7) is 6.15. The van der Waals surface area contributed by atoms with Crippen LogP contribution >= 0.6 is 0 Å². The number of carbonyl (C=O) groups is 1. The van der Waals surface area contributed by atoms with Gasteiger partial charge in [0.2, 0.25) is 10.0 Å². The van der Waals surface area contributed by atoms with Crippen LogP contribution in [0.4, 0.5) is 0 Å². The Hall–Kier alpha value is -1.40. The van der Waals surface area contributed by atoms with Gasteiger partial charge >= 0.3 is 0 Å². The van der Waals surface area contributed by atoms with Crippen molar-refractivity contribution < 1.29 is 17.9 Å². The van der Waals surface area contributed by atoms with Crippen LogP contribution < -0.4 is 4.74 Å². The molecule has 0 unspecified atom stereocenters. The molecule has 1 aromatic carbocycles. The second kappa shape index (κ2) is 6.15. The highest BCUT2D eigenvalue weighted by Crippen LogP contribution is 2.29. The number of sulfonamides is 1. The van der Waals surface area contributed by atoms with Crippen molar-refractivity contribution in [1.82, 2.24) is 4.31 Å². The summed E-state index contributed by atoms with van der Waals surface area (Å²) < 4.78 is 32.0. The predicted molar refractivity (Wildman–Crippen MR) is 79.7 cm³/mol. The van der Waals surface area contributed by atoms with Gasteiger partial charge in [-0.3, -0.25) is 0 Å². The molecule has 1 aliphatic rings. The van der Waals surface area contributed by atoms with Crippen LogP contribution in [0.1, 0.15) is 27.2 Å². The summed E-state index contributed by atoms with van der Waals surface area (Å²) in [6, 6.07) is 5.78. The lowest BCUT2D eigenvalue weighted by molar-refractivity contribution is -0.110. The molecule has 0 N–H and O–H groups in total. The van der Waals surface area contributed by atoms with E-state index in [1.54, 1.807) is 12.1 Å². The van der Waals surface area contributed by atoms with Gasteiger partial charge in [-0.05, 0) is 50.5 Å². The van der Waals surface area contributed by atoms with E-state index in [1.165, 1.54) is 16.4 Å². The molecule has 0 spiro atoms. The summed E-state index contributed by atoms with van der Waals surface area (Å²) in [5, 5.41) is 0. The maximum Gasteiger partial charge on any atom is 0.243 e. The van der Waals surface area contributed by atoms with Crippen LogP contribution in [-0.4, -0.2) is 37.7 Å². The van der Waals surface area contributed by atoms with Crippen LogP contribution in [-0.2, 0) is 14.8 Å². The zero-order chi connectivity index (χ0) is 15.6. The van der Waals surface area contributed by atoms with E-state index >= 15 is 0 Å². The standard InChI is InChI=1S/C15H21NO4S/c1-11(2)20-14-4-6-15(7-5-14)21(18,19)16-9-12(3)8-13(16)10-17/h4-7,10-13H,8-9H2,1-3H3/t12-,13+/m0/s1. The molecule has 0 aromatic heterocycles. The Bertz CT molecular complexity index is 595. The maximum atomic E-state index is 12.6. The normalized spacial score (nSPS) is 23.4. The van der Waals surface area contributed by atoms with Crippen LogP contribution in [0.5, 0.6) is 5.75 Å². The molecule has 0 radical (unpaired) electrons. The number of hydrogen-bond acceptors (Lipinski definition) is 4. The van der Waals surface area contributed by atoms with Gasteiger partial charge in [-0.1, -0.05) is 6.92 Å². The second-order valence-electron chi connectivity index (χ2n) is 5.76. The first-order chi connectivity index (χ1) is 9.84. The minimum atomic E-state index is -3.63. The summed E-state index contributed by atoms with van der Waals surface area (Å²) in [5.41, 5.74) is 0. The van der Waals surface area contributed by atoms with Crippen molar-refractivity contribution in [3.05, 3.63) is 24.3 Å². The third kappa shape index (κ3) is 3.44. The summed E-state index contributed by atoms with van der Waals surface area (Å²) in [5.74, 6) is 0.823. The Morgan fingerprint density at radius 3 is 2.43 bits per heavy atom. The highest BCUT2D eigenvalue weighted by molar-refractivity contribution is 7.89. The average molecular weight is 311 g/mol. The van der Waals surface area contributed by atoms with Gasteiger partial charge in [0, 0.05) is 6.54 Å². The third-order valence-electron chi connectivity index (χ3n) is 3.46. The first kappa shape index (κ1) is 16.0. The van der Waals surface area contributed by atoms with Crippen molar-refractivity contribution in [3.63, 3.8) is 0 Å². The van der Waals surface area contributed by atoms with Crippen LogP contribution in [0.2, 0.25) is 0 Å². The van der Waals surface area contributed by atoms with Crippen LogP contribution in [0.3, 0.4) is 0 Å². The van der Waals surface area contributed by atoms with Gasteiger partial charge in [0.1, 0.15) is 12.0 Å². The molecule has 1 aliphatic heterocycles. The maximum absolute atomic E-state index is 12.6. The van der Waals surface area contributed by atoms with E-state index in [0.717, 1.165) is 6.29 Å². The van der Waals surface area contributed by atoms with Gasteiger partial charge in [0.15, 0.2) is 0 Å². The first-order valence-electron chi connectivity index (χ1n) is 7.08. The molecule has 2 rings (SSSR count). The molecule has 2 atom stereocenters. The van der Waals surface area contributed by atoms with E-state index in [1.807, 2.05) is 20.8 Å². The molecule has 0 saturated carbocycles. The Labute approximate surface area is 126 Å². The number of benzene rings is 1. The largest absolute Gasteiger partial charge is 0.491 e. The Morgan fingerprint density at radius 2 is 1.90 bits per heavy atom. The van der Waals surface area contributed by atoms with Crippen molar-refractivity contribution in [1.29, 1.82) is 0 Å². The fraction of sp³-hybridized carbons (Fsp3) is 0.533. The lowest BCUT2D eigenvalue weighted by atomic mass is 10.1. The summed E-state index contributed by atoms with van der Waals surface area (Å²) in [4.78, 5) is 11.3. The second-order valence-corrected chi connectivity index (χ2v) is 7.65. The van der Waals surface area contributed by atoms with Gasteiger partial charge in [0.25, 0.3) is 0 Å². The fourth-order valence-electron chi connectivity index (χ4n) is 2.54. The Kier molecular flexibility index (Phi) is 4.68. The van der Waals surface area contributed by atoms with E-state index in [4.69, 9.17) is 4.74 Å². The average Bonchev–Trinajstić information content (AvgIpc) is 2.80. The van der Waals surface area contributed by atoms with Crippen LogP contribution in [0, 0.1) is 5.92 Å². The number of ether oxygens (including phenoxy) is 1. The topological polar surface area (TPSA) is 63.7 Å². The fourth-order valence-corrected chi connectivity index (χ4v) is 4.24. The lowest BCUT2D eigenvalue weighted by Crippen LogP contribution is -2.36. The smallest absolute Gasteiger partial charge is 0.243 e. The highest BCUT2D eigenvalue weighted by atomic mass is 32.2. The zero-order valence-electron chi connectivity index (χ0n) is 12.5. The van der Waals surface area contributed by atoms with E-state index in [0.29, 0.717) is 18.7 Å². The van der Waals surface area contributed by atoms with Crippen molar-refractivity contribution in [2.24, 2.45) is 5.92 Å². The third-order valence-corrected chi connectivity index (χ3v) is 5.37. The van der Waals surface area contributed by atoms with E-state index in [-0.39, 0.29) is 16.9 Å². The van der Waals surface area contributed by atoms with Crippen molar-refractivity contribution in [3.8, 4) is 5.75 Å². The molecule has 1 heterocycles. The van der Waals surface area contributed by atoms with Crippen molar-refractivity contribution in [2.45, 2.75) is 44.2 Å². The quantitative estimate of drug-likeness (QED) is 0.781. The number of rotatable bonds is 5. The van der Waals surface area contributed by atoms with Crippen LogP contribution in [0.25, 0.3) is 0 Å². The molecule has 116 valence electrons. The SMILES string of the molecule is CC(C)Oc1ccc(S(=O)(=O)N2C[C@@H](C)C[C@@H]2C=O)cc1. The van der Waals surface area contributed by atoms with Gasteiger partial charge in [0.05, 0.1) is 17.0 Å². The van der Waals surface area contributed by atoms with E-state index in [2.05, 4.69) is 0 Å². The summed E-state index contributed by atoms with van der Waals surface area (Å²) >= 11 is 0. The Balaban J connectivity index is 2.25. The van der Waals surface area contributed by atoms with Crippen molar-refractivity contribution in [2.75, 3.05) is 6.54 Å². The predicted octanol–water partition coefficient (Wildman–Crippen LogP) is 2.07. The summed E-state index contributed by atoms with van der Waals surface area (Å²) in [7, 11) is -3.63. The molecular weight excluding hydrogens is 290 g/mol. The highest BCUT2D eigenvalue weighted by Gasteiger charge is 2.38. The Morgan fingerprint density at radius 1 is 1.29 bits per heavy atom. The minimum Gasteiger partial charge on any atom is -0.491 e. The first-order valence-corrected chi connectivity index (χ1v) is 8.52. The van der Waals surface area contributed by atoms with Gasteiger partial charge in [-0.25, -0.2) is 8.42 Å².